The van der Waals surface area contributed by atoms with Crippen molar-refractivity contribution in [2.45, 2.75) is 19.3 Å². The number of amides is 1. The first-order chi connectivity index (χ1) is 11.6. The van der Waals surface area contributed by atoms with Gasteiger partial charge in [-0.2, -0.15) is 5.21 Å². The third-order valence-electron chi connectivity index (χ3n) is 3.64. The van der Waals surface area contributed by atoms with E-state index in [1.807, 2.05) is 31.2 Å². The SMILES string of the molecule is Cc1cccc(C[C@@H](C(=O)Nc2ccccc2F)c2nn[nH]n2)c1. The highest BCUT2D eigenvalue weighted by atomic mass is 19.1. The Morgan fingerprint density at radius 2 is 2.08 bits per heavy atom. The van der Waals surface area contributed by atoms with Crippen LogP contribution in [0.3, 0.4) is 0 Å². The van der Waals surface area contributed by atoms with Crippen LogP contribution in [0.5, 0.6) is 0 Å². The molecule has 3 aromatic rings. The predicted octanol–water partition coefficient (Wildman–Crippen LogP) is 2.61. The van der Waals surface area contributed by atoms with Gasteiger partial charge < -0.3 is 5.32 Å². The summed E-state index contributed by atoms with van der Waals surface area (Å²) < 4.78 is 13.8. The Morgan fingerprint density at radius 3 is 2.79 bits per heavy atom. The number of carbonyl (C=O) groups is 1. The second-order valence-corrected chi connectivity index (χ2v) is 5.48. The first-order valence-electron chi connectivity index (χ1n) is 7.48. The van der Waals surface area contributed by atoms with Crippen molar-refractivity contribution in [1.29, 1.82) is 0 Å². The molecule has 0 unspecified atom stereocenters. The third-order valence-corrected chi connectivity index (χ3v) is 3.64. The number of rotatable bonds is 5. The van der Waals surface area contributed by atoms with Gasteiger partial charge in [-0.25, -0.2) is 4.39 Å². The number of anilines is 1. The fraction of sp³-hybridized carbons (Fsp3) is 0.176. The number of aromatic nitrogens is 4. The van der Waals surface area contributed by atoms with Gasteiger partial charge in [0.05, 0.1) is 5.69 Å². The molecule has 0 aliphatic carbocycles. The van der Waals surface area contributed by atoms with E-state index < -0.39 is 11.7 Å². The fourth-order valence-electron chi connectivity index (χ4n) is 2.48. The summed E-state index contributed by atoms with van der Waals surface area (Å²) in [7, 11) is 0. The van der Waals surface area contributed by atoms with Gasteiger partial charge in [-0.15, -0.1) is 10.2 Å². The Kier molecular flexibility index (Phi) is 4.60. The molecule has 2 N–H and O–H groups in total. The van der Waals surface area contributed by atoms with Gasteiger partial charge in [-0.1, -0.05) is 47.2 Å². The standard InChI is InChI=1S/C17H16FN5O/c1-11-5-4-6-12(9-11)10-13(16-20-22-23-21-16)17(24)19-15-8-3-2-7-14(15)18/h2-9,13H,10H2,1H3,(H,19,24)(H,20,21,22,23)/t13-/m1/s1. The zero-order chi connectivity index (χ0) is 16.9. The lowest BCUT2D eigenvalue weighted by Crippen LogP contribution is -2.24. The number of hydrogen-bond acceptors (Lipinski definition) is 4. The number of nitrogens with one attached hydrogen (secondary N) is 2. The van der Waals surface area contributed by atoms with E-state index >= 15 is 0 Å². The van der Waals surface area contributed by atoms with Crippen molar-refractivity contribution in [3.8, 4) is 0 Å². The molecule has 24 heavy (non-hydrogen) atoms. The first-order valence-corrected chi connectivity index (χ1v) is 7.48. The van der Waals surface area contributed by atoms with E-state index in [-0.39, 0.29) is 17.4 Å². The normalized spacial score (nSPS) is 11.9. The van der Waals surface area contributed by atoms with Crippen LogP contribution in [-0.2, 0) is 11.2 Å². The summed E-state index contributed by atoms with van der Waals surface area (Å²) >= 11 is 0. The van der Waals surface area contributed by atoms with Gasteiger partial charge >= 0.3 is 0 Å². The summed E-state index contributed by atoms with van der Waals surface area (Å²) in [6, 6.07) is 13.8. The van der Waals surface area contributed by atoms with Crippen molar-refractivity contribution in [2.75, 3.05) is 5.32 Å². The lowest BCUT2D eigenvalue weighted by Gasteiger charge is -2.14. The third kappa shape index (κ3) is 3.62. The highest BCUT2D eigenvalue weighted by Crippen LogP contribution is 2.21. The maximum Gasteiger partial charge on any atom is 0.235 e. The van der Waals surface area contributed by atoms with Gasteiger partial charge in [0.25, 0.3) is 0 Å². The minimum atomic E-state index is -0.676. The van der Waals surface area contributed by atoms with E-state index in [4.69, 9.17) is 0 Å². The van der Waals surface area contributed by atoms with E-state index in [9.17, 15) is 9.18 Å². The molecule has 3 rings (SSSR count). The van der Waals surface area contributed by atoms with Gasteiger partial charge in [0.15, 0.2) is 5.82 Å². The summed E-state index contributed by atoms with van der Waals surface area (Å²) in [5, 5.41) is 16.3. The quantitative estimate of drug-likeness (QED) is 0.755. The highest BCUT2D eigenvalue weighted by molar-refractivity contribution is 5.95. The zero-order valence-corrected chi connectivity index (χ0v) is 13.0. The Hall–Kier alpha value is -3.09. The van der Waals surface area contributed by atoms with Crippen molar-refractivity contribution in [1.82, 2.24) is 20.6 Å². The minimum Gasteiger partial charge on any atom is -0.323 e. The zero-order valence-electron chi connectivity index (χ0n) is 13.0. The molecular weight excluding hydrogens is 309 g/mol. The predicted molar refractivity (Wildman–Crippen MR) is 86.8 cm³/mol. The van der Waals surface area contributed by atoms with Crippen LogP contribution in [0.1, 0.15) is 22.9 Å². The number of H-pyrrole nitrogens is 1. The lowest BCUT2D eigenvalue weighted by molar-refractivity contribution is -0.117. The Bertz CT molecular complexity index is 835. The monoisotopic (exact) mass is 325 g/mol. The average molecular weight is 325 g/mol. The van der Waals surface area contributed by atoms with E-state index in [2.05, 4.69) is 25.9 Å². The number of benzene rings is 2. The molecule has 0 saturated carbocycles. The van der Waals surface area contributed by atoms with E-state index in [1.165, 1.54) is 12.1 Å². The number of carbonyl (C=O) groups excluding carboxylic acids is 1. The van der Waals surface area contributed by atoms with Gasteiger partial charge in [-0.05, 0) is 31.0 Å². The second kappa shape index (κ2) is 6.99. The van der Waals surface area contributed by atoms with E-state index in [1.54, 1.807) is 12.1 Å². The number of aryl methyl sites for hydroxylation is 1. The van der Waals surface area contributed by atoms with Crippen molar-refractivity contribution >= 4 is 11.6 Å². The lowest BCUT2D eigenvalue weighted by atomic mass is 9.96. The number of halogens is 1. The Balaban J connectivity index is 1.85. The summed E-state index contributed by atoms with van der Waals surface area (Å²) in [6.45, 7) is 1.98. The minimum absolute atomic E-state index is 0.125. The molecule has 122 valence electrons. The Morgan fingerprint density at radius 1 is 1.25 bits per heavy atom. The molecule has 0 saturated heterocycles. The van der Waals surface area contributed by atoms with Gasteiger partial charge in [0.1, 0.15) is 11.7 Å². The summed E-state index contributed by atoms with van der Waals surface area (Å²) in [6.07, 6.45) is 0.390. The highest BCUT2D eigenvalue weighted by Gasteiger charge is 2.26. The first kappa shape index (κ1) is 15.8. The van der Waals surface area contributed by atoms with Crippen molar-refractivity contribution in [2.24, 2.45) is 0 Å². The average Bonchev–Trinajstić information content (AvgIpc) is 3.09. The molecule has 0 fully saturated rings. The number of tetrazole rings is 1. The Labute approximate surface area is 138 Å². The number of aromatic amines is 1. The van der Waals surface area contributed by atoms with Gasteiger partial charge in [-0.3, -0.25) is 4.79 Å². The van der Waals surface area contributed by atoms with Crippen LogP contribution in [0.2, 0.25) is 0 Å². The van der Waals surface area contributed by atoms with E-state index in [0.717, 1.165) is 11.1 Å². The molecule has 1 aromatic heterocycles. The van der Waals surface area contributed by atoms with Crippen LogP contribution in [0.15, 0.2) is 48.5 Å². The number of hydrogen-bond donors (Lipinski definition) is 2. The summed E-state index contributed by atoms with van der Waals surface area (Å²) in [5.41, 5.74) is 2.18. The second-order valence-electron chi connectivity index (χ2n) is 5.48. The van der Waals surface area contributed by atoms with Crippen LogP contribution in [0.25, 0.3) is 0 Å². The van der Waals surface area contributed by atoms with Crippen LogP contribution >= 0.6 is 0 Å². The molecule has 6 nitrogen and oxygen atoms in total. The molecule has 2 aromatic carbocycles. The summed E-state index contributed by atoms with van der Waals surface area (Å²) in [4.78, 5) is 12.7. The fourth-order valence-corrected chi connectivity index (χ4v) is 2.48. The summed E-state index contributed by atoms with van der Waals surface area (Å²) in [5.74, 6) is -1.29. The largest absolute Gasteiger partial charge is 0.323 e. The molecule has 0 spiro atoms. The molecule has 0 bridgehead atoms. The van der Waals surface area contributed by atoms with Crippen molar-refractivity contribution in [3.63, 3.8) is 0 Å². The van der Waals surface area contributed by atoms with Crippen molar-refractivity contribution in [3.05, 3.63) is 71.3 Å². The molecule has 1 heterocycles. The van der Waals surface area contributed by atoms with Gasteiger partial charge in [0, 0.05) is 0 Å². The van der Waals surface area contributed by atoms with Crippen molar-refractivity contribution < 1.29 is 9.18 Å². The topological polar surface area (TPSA) is 83.6 Å². The maximum atomic E-state index is 13.8. The maximum absolute atomic E-state index is 13.8. The van der Waals surface area contributed by atoms with Gasteiger partial charge in [0.2, 0.25) is 5.91 Å². The molecular formula is C17H16FN5O. The number of nitrogens with zero attached hydrogens (tertiary/aromatic N) is 3. The number of para-hydroxylation sites is 1. The van der Waals surface area contributed by atoms with Crippen LogP contribution in [0, 0.1) is 12.7 Å². The van der Waals surface area contributed by atoms with Crippen LogP contribution in [0.4, 0.5) is 10.1 Å². The molecule has 1 atom stereocenters. The smallest absolute Gasteiger partial charge is 0.235 e. The molecule has 0 radical (unpaired) electrons. The van der Waals surface area contributed by atoms with E-state index in [0.29, 0.717) is 6.42 Å². The molecule has 0 aliphatic rings. The molecule has 1 amide bonds. The van der Waals surface area contributed by atoms with Crippen LogP contribution < -0.4 is 5.32 Å². The molecule has 7 heteroatoms. The van der Waals surface area contributed by atoms with Crippen LogP contribution in [-0.4, -0.2) is 26.5 Å². The molecule has 0 aliphatic heterocycles.